The zero-order valence-electron chi connectivity index (χ0n) is 11.0. The summed E-state index contributed by atoms with van der Waals surface area (Å²) in [7, 11) is 3.48. The molecule has 0 amide bonds. The Kier molecular flexibility index (Phi) is 3.04. The molecule has 0 saturated carbocycles. The van der Waals surface area contributed by atoms with Crippen LogP contribution >= 0.6 is 0 Å². The van der Waals surface area contributed by atoms with Crippen molar-refractivity contribution in [3.63, 3.8) is 0 Å². The number of aromatic nitrogens is 4. The topological polar surface area (TPSA) is 78.9 Å². The first-order chi connectivity index (χ1) is 8.42. The molecule has 0 unspecified atom stereocenters. The van der Waals surface area contributed by atoms with Gasteiger partial charge in [0, 0.05) is 32.0 Å². The fourth-order valence-corrected chi connectivity index (χ4v) is 1.53. The summed E-state index contributed by atoms with van der Waals surface area (Å²) in [6, 6.07) is 1.73. The van der Waals surface area contributed by atoms with Crippen LogP contribution in [-0.4, -0.2) is 26.9 Å². The second-order valence-electron chi connectivity index (χ2n) is 4.62. The van der Waals surface area contributed by atoms with Crippen molar-refractivity contribution in [3.05, 3.63) is 24.3 Å². The van der Waals surface area contributed by atoms with Gasteiger partial charge < -0.3 is 10.5 Å². The van der Waals surface area contributed by atoms with Gasteiger partial charge in [0.1, 0.15) is 11.4 Å². The molecular weight excluding hydrogens is 230 g/mol. The summed E-state index contributed by atoms with van der Waals surface area (Å²) >= 11 is 0. The van der Waals surface area contributed by atoms with E-state index in [2.05, 4.69) is 15.1 Å². The second-order valence-corrected chi connectivity index (χ2v) is 4.62. The lowest BCUT2D eigenvalue weighted by Crippen LogP contribution is -2.23. The summed E-state index contributed by atoms with van der Waals surface area (Å²) in [6.07, 6.45) is 3.62. The van der Waals surface area contributed by atoms with Crippen molar-refractivity contribution in [1.29, 1.82) is 0 Å². The highest BCUT2D eigenvalue weighted by Crippen LogP contribution is 2.25. The number of nitrogens with two attached hydrogens (primary N) is 1. The molecule has 0 fully saturated rings. The number of rotatable bonds is 3. The van der Waals surface area contributed by atoms with Gasteiger partial charge in [-0.2, -0.15) is 5.10 Å². The molecule has 0 bridgehead atoms. The lowest BCUT2D eigenvalue weighted by atomic mass is 10.1. The monoisotopic (exact) mass is 247 g/mol. The number of hydrogen-bond acceptors (Lipinski definition) is 5. The molecule has 2 heterocycles. The van der Waals surface area contributed by atoms with E-state index in [1.807, 2.05) is 27.1 Å². The summed E-state index contributed by atoms with van der Waals surface area (Å²) in [5.74, 6) is 0.979. The Hall–Kier alpha value is -1.95. The van der Waals surface area contributed by atoms with Crippen molar-refractivity contribution in [1.82, 2.24) is 19.7 Å². The second kappa shape index (κ2) is 4.38. The molecule has 0 saturated heterocycles. The van der Waals surface area contributed by atoms with Gasteiger partial charge in [0.05, 0.1) is 11.9 Å². The highest BCUT2D eigenvalue weighted by Gasteiger charge is 2.24. The highest BCUT2D eigenvalue weighted by molar-refractivity contribution is 5.60. The molecule has 2 aromatic heterocycles. The van der Waals surface area contributed by atoms with Crippen LogP contribution in [0.2, 0.25) is 0 Å². The molecule has 2 aromatic rings. The Balaban J connectivity index is 2.51. The van der Waals surface area contributed by atoms with E-state index in [4.69, 9.17) is 10.5 Å². The van der Waals surface area contributed by atoms with Gasteiger partial charge in [-0.1, -0.05) is 0 Å². The summed E-state index contributed by atoms with van der Waals surface area (Å²) in [6.45, 7) is 3.80. The van der Waals surface area contributed by atoms with E-state index in [-0.39, 0.29) is 0 Å². The van der Waals surface area contributed by atoms with Crippen LogP contribution < -0.4 is 5.73 Å². The molecule has 18 heavy (non-hydrogen) atoms. The van der Waals surface area contributed by atoms with Gasteiger partial charge in [0.15, 0.2) is 5.82 Å². The lowest BCUT2D eigenvalue weighted by molar-refractivity contribution is 0.0117. The number of nitrogens with zero attached hydrogens (tertiary/aromatic N) is 4. The van der Waals surface area contributed by atoms with Crippen molar-refractivity contribution in [2.45, 2.75) is 19.4 Å². The molecule has 0 radical (unpaired) electrons. The first-order valence-corrected chi connectivity index (χ1v) is 5.61. The Morgan fingerprint density at radius 3 is 2.61 bits per heavy atom. The van der Waals surface area contributed by atoms with Crippen molar-refractivity contribution >= 4 is 5.82 Å². The molecule has 0 spiro atoms. The normalized spacial score (nSPS) is 11.8. The molecule has 0 aliphatic carbocycles. The van der Waals surface area contributed by atoms with E-state index in [1.165, 1.54) is 0 Å². The summed E-state index contributed by atoms with van der Waals surface area (Å²) < 4.78 is 7.09. The molecular formula is C12H17N5O. The van der Waals surface area contributed by atoms with Crippen LogP contribution in [0.4, 0.5) is 5.82 Å². The third kappa shape index (κ3) is 2.33. The zero-order valence-corrected chi connectivity index (χ0v) is 11.0. The predicted octanol–water partition coefficient (Wildman–Crippen LogP) is 1.34. The van der Waals surface area contributed by atoms with Gasteiger partial charge in [0.2, 0.25) is 0 Å². The van der Waals surface area contributed by atoms with E-state index in [0.717, 1.165) is 11.3 Å². The minimum atomic E-state index is -0.577. The molecule has 0 aliphatic rings. The van der Waals surface area contributed by atoms with E-state index in [1.54, 1.807) is 24.1 Å². The standard InChI is InChI=1S/C12H17N5O/c1-12(2,18-4)11-15-9(5-10(13)16-11)8-6-14-17(3)7-8/h5-7H,1-4H3,(H2,13,15,16). The maximum absolute atomic E-state index is 5.82. The van der Waals surface area contributed by atoms with Gasteiger partial charge in [0.25, 0.3) is 0 Å². The van der Waals surface area contributed by atoms with Gasteiger partial charge in [-0.25, -0.2) is 9.97 Å². The minimum absolute atomic E-state index is 0.420. The van der Waals surface area contributed by atoms with Gasteiger partial charge in [-0.05, 0) is 13.8 Å². The number of methoxy groups -OCH3 is 1. The number of hydrogen-bond donors (Lipinski definition) is 1. The van der Waals surface area contributed by atoms with Crippen LogP contribution in [0.25, 0.3) is 11.3 Å². The number of anilines is 1. The maximum atomic E-state index is 5.82. The number of aryl methyl sites for hydroxylation is 1. The third-order valence-electron chi connectivity index (χ3n) is 2.80. The molecule has 2 rings (SSSR count). The Morgan fingerprint density at radius 2 is 2.06 bits per heavy atom. The zero-order chi connectivity index (χ0) is 13.3. The summed E-state index contributed by atoms with van der Waals surface area (Å²) in [5, 5.41) is 4.12. The quantitative estimate of drug-likeness (QED) is 0.885. The van der Waals surface area contributed by atoms with Crippen LogP contribution in [-0.2, 0) is 17.4 Å². The summed E-state index contributed by atoms with van der Waals surface area (Å²) in [4.78, 5) is 8.71. The van der Waals surface area contributed by atoms with Crippen molar-refractivity contribution in [3.8, 4) is 11.3 Å². The molecule has 0 aliphatic heterocycles. The van der Waals surface area contributed by atoms with Crippen molar-refractivity contribution in [2.75, 3.05) is 12.8 Å². The number of ether oxygens (including phenoxy) is 1. The van der Waals surface area contributed by atoms with E-state index >= 15 is 0 Å². The fraction of sp³-hybridized carbons (Fsp3) is 0.417. The largest absolute Gasteiger partial charge is 0.384 e. The molecule has 0 aromatic carbocycles. The van der Waals surface area contributed by atoms with Crippen molar-refractivity contribution in [2.24, 2.45) is 7.05 Å². The Bertz CT molecular complexity index is 561. The smallest absolute Gasteiger partial charge is 0.162 e. The van der Waals surface area contributed by atoms with E-state index in [9.17, 15) is 0 Å². The van der Waals surface area contributed by atoms with Gasteiger partial charge >= 0.3 is 0 Å². The fourth-order valence-electron chi connectivity index (χ4n) is 1.53. The Labute approximate surface area is 106 Å². The Morgan fingerprint density at radius 1 is 1.33 bits per heavy atom. The average Bonchev–Trinajstić information content (AvgIpc) is 2.75. The molecule has 6 heteroatoms. The minimum Gasteiger partial charge on any atom is -0.384 e. The van der Waals surface area contributed by atoms with Crippen LogP contribution in [0, 0.1) is 0 Å². The molecule has 96 valence electrons. The van der Waals surface area contributed by atoms with Crippen LogP contribution in [0.5, 0.6) is 0 Å². The molecule has 0 atom stereocenters. The predicted molar refractivity (Wildman–Crippen MR) is 68.7 cm³/mol. The summed E-state index contributed by atoms with van der Waals surface area (Å²) in [5.41, 5.74) is 6.89. The van der Waals surface area contributed by atoms with E-state index in [0.29, 0.717) is 11.6 Å². The SMILES string of the molecule is COC(C)(C)c1nc(N)cc(-c2cnn(C)c2)n1. The van der Waals surface area contributed by atoms with Crippen LogP contribution in [0.15, 0.2) is 18.5 Å². The van der Waals surface area contributed by atoms with E-state index < -0.39 is 5.60 Å². The van der Waals surface area contributed by atoms with Crippen LogP contribution in [0.1, 0.15) is 19.7 Å². The van der Waals surface area contributed by atoms with Gasteiger partial charge in [-0.3, -0.25) is 4.68 Å². The molecule has 6 nitrogen and oxygen atoms in total. The first-order valence-electron chi connectivity index (χ1n) is 5.61. The molecule has 2 N–H and O–H groups in total. The first kappa shape index (κ1) is 12.5. The maximum Gasteiger partial charge on any atom is 0.162 e. The third-order valence-corrected chi connectivity index (χ3v) is 2.80. The van der Waals surface area contributed by atoms with Crippen molar-refractivity contribution < 1.29 is 4.74 Å². The van der Waals surface area contributed by atoms with Crippen LogP contribution in [0.3, 0.4) is 0 Å². The number of nitrogen functional groups attached to an aromatic ring is 1. The highest BCUT2D eigenvalue weighted by atomic mass is 16.5. The average molecular weight is 247 g/mol. The lowest BCUT2D eigenvalue weighted by Gasteiger charge is -2.21. The van der Waals surface area contributed by atoms with Gasteiger partial charge in [-0.15, -0.1) is 0 Å².